The molecular formula is C19H19N7O2. The second-order valence-electron chi connectivity index (χ2n) is 7.06. The zero-order valence-corrected chi connectivity index (χ0v) is 15.0. The number of carbonyl (C=O) groups is 2. The van der Waals surface area contributed by atoms with Crippen molar-refractivity contribution in [1.82, 2.24) is 25.4 Å². The summed E-state index contributed by atoms with van der Waals surface area (Å²) in [7, 11) is 0. The number of anilines is 2. The average molecular weight is 377 g/mol. The number of imide groups is 1. The van der Waals surface area contributed by atoms with Gasteiger partial charge in [-0.1, -0.05) is 0 Å². The lowest BCUT2D eigenvalue weighted by Crippen LogP contribution is -2.35. The van der Waals surface area contributed by atoms with E-state index in [1.807, 2.05) is 18.2 Å². The van der Waals surface area contributed by atoms with E-state index in [2.05, 4.69) is 31.3 Å². The van der Waals surface area contributed by atoms with Gasteiger partial charge in [-0.15, -0.1) is 0 Å². The average Bonchev–Trinajstić information content (AvgIpc) is 3.32. The topological polar surface area (TPSA) is 113 Å². The third-order valence-electron chi connectivity index (χ3n) is 4.80. The van der Waals surface area contributed by atoms with Gasteiger partial charge in [0.2, 0.25) is 5.91 Å². The fourth-order valence-corrected chi connectivity index (χ4v) is 3.27. The molecule has 142 valence electrons. The predicted octanol–water partition coefficient (Wildman–Crippen LogP) is 1.12. The maximum Gasteiger partial charge on any atom is 0.254 e. The highest BCUT2D eigenvalue weighted by atomic mass is 16.2. The molecule has 2 aromatic heterocycles. The number of fused-ring (bicyclic) bond motifs is 1. The van der Waals surface area contributed by atoms with E-state index < -0.39 is 0 Å². The van der Waals surface area contributed by atoms with E-state index in [0.717, 1.165) is 35.7 Å². The fraction of sp³-hybridized carbons (Fsp3) is 0.263. The van der Waals surface area contributed by atoms with E-state index in [-0.39, 0.29) is 24.4 Å². The van der Waals surface area contributed by atoms with Gasteiger partial charge in [-0.25, -0.2) is 4.68 Å². The summed E-state index contributed by atoms with van der Waals surface area (Å²) in [6, 6.07) is 4.25. The fourth-order valence-electron chi connectivity index (χ4n) is 3.27. The molecule has 1 unspecified atom stereocenters. The molecule has 1 saturated heterocycles. The number of pyridine rings is 1. The molecule has 0 spiro atoms. The van der Waals surface area contributed by atoms with Crippen molar-refractivity contribution in [2.24, 2.45) is 0 Å². The molecule has 2 fully saturated rings. The number of rotatable bonds is 5. The van der Waals surface area contributed by atoms with Crippen LogP contribution in [0.15, 0.2) is 42.4 Å². The van der Waals surface area contributed by atoms with Gasteiger partial charge in [0.05, 0.1) is 12.6 Å². The Morgan fingerprint density at radius 1 is 1.18 bits per heavy atom. The molecular weight excluding hydrogens is 358 g/mol. The molecule has 2 aromatic rings. The number of amides is 2. The van der Waals surface area contributed by atoms with Gasteiger partial charge < -0.3 is 16.0 Å². The summed E-state index contributed by atoms with van der Waals surface area (Å²) in [5, 5.41) is 17.1. The number of nitrogens with one attached hydrogen (secondary N) is 4. The van der Waals surface area contributed by atoms with Crippen molar-refractivity contribution in [2.75, 3.05) is 10.6 Å². The molecule has 5 rings (SSSR count). The van der Waals surface area contributed by atoms with E-state index >= 15 is 0 Å². The summed E-state index contributed by atoms with van der Waals surface area (Å²) in [6.45, 7) is 0. The second kappa shape index (κ2) is 6.52. The normalized spacial score (nSPS) is 22.4. The molecule has 0 aromatic carbocycles. The van der Waals surface area contributed by atoms with Crippen molar-refractivity contribution >= 4 is 35.2 Å². The Kier molecular flexibility index (Phi) is 3.85. The zero-order valence-electron chi connectivity index (χ0n) is 15.0. The van der Waals surface area contributed by atoms with Crippen LogP contribution < -0.4 is 21.3 Å². The number of carbonyl (C=O) groups excluding carboxylic acids is 2. The van der Waals surface area contributed by atoms with E-state index in [1.54, 1.807) is 29.3 Å². The molecule has 0 radical (unpaired) electrons. The van der Waals surface area contributed by atoms with Gasteiger partial charge in [-0.3, -0.25) is 19.9 Å². The SMILES string of the molecule is O=C1C/C(=C\c2cnn3c2NC(Nc2ccncc2)C=C3NC2CC2)C(=O)N1. The smallest absolute Gasteiger partial charge is 0.254 e. The zero-order chi connectivity index (χ0) is 19.1. The van der Waals surface area contributed by atoms with Crippen LogP contribution in [0.1, 0.15) is 24.8 Å². The van der Waals surface area contributed by atoms with Crippen LogP contribution in [0.4, 0.5) is 11.5 Å². The Bertz CT molecular complexity index is 1000. The minimum atomic E-state index is -0.348. The molecule has 0 bridgehead atoms. The molecule has 9 heteroatoms. The molecule has 1 saturated carbocycles. The van der Waals surface area contributed by atoms with Crippen LogP contribution in [0.3, 0.4) is 0 Å². The van der Waals surface area contributed by atoms with Crippen LogP contribution in [-0.4, -0.2) is 38.8 Å². The molecule has 2 amide bonds. The van der Waals surface area contributed by atoms with E-state index in [1.165, 1.54) is 0 Å². The van der Waals surface area contributed by atoms with Crippen molar-refractivity contribution in [3.63, 3.8) is 0 Å². The first-order chi connectivity index (χ1) is 13.7. The van der Waals surface area contributed by atoms with Gasteiger partial charge in [0.15, 0.2) is 0 Å². The van der Waals surface area contributed by atoms with E-state index in [9.17, 15) is 9.59 Å². The monoisotopic (exact) mass is 377 g/mol. The third kappa shape index (κ3) is 3.22. The minimum absolute atomic E-state index is 0.0885. The quantitative estimate of drug-likeness (QED) is 0.456. The Hall–Kier alpha value is -3.62. The number of nitrogens with zero attached hydrogens (tertiary/aromatic N) is 3. The summed E-state index contributed by atoms with van der Waals surface area (Å²) in [5.41, 5.74) is 2.13. The molecule has 9 nitrogen and oxygen atoms in total. The number of aromatic nitrogens is 3. The standard InChI is InChI=1S/C19H19N7O2/c27-17-8-11(19(28)25-17)7-12-10-21-26-16(23-13-1-2-13)9-15(24-18(12)26)22-14-3-5-20-6-4-14/h3-7,9-10,13,15,23-24H,1-2,8H2,(H,20,22)(H,25,27,28)/b11-7+. The first-order valence-electron chi connectivity index (χ1n) is 9.20. The van der Waals surface area contributed by atoms with Crippen LogP contribution >= 0.6 is 0 Å². The van der Waals surface area contributed by atoms with Gasteiger partial charge in [0, 0.05) is 41.3 Å². The molecule has 4 N–H and O–H groups in total. The van der Waals surface area contributed by atoms with E-state index in [0.29, 0.717) is 11.6 Å². The van der Waals surface area contributed by atoms with Gasteiger partial charge >= 0.3 is 0 Å². The van der Waals surface area contributed by atoms with Crippen LogP contribution in [0.25, 0.3) is 11.9 Å². The first kappa shape index (κ1) is 16.5. The Balaban J connectivity index is 1.47. The van der Waals surface area contributed by atoms with E-state index in [4.69, 9.17) is 0 Å². The lowest BCUT2D eigenvalue weighted by atomic mass is 10.1. The third-order valence-corrected chi connectivity index (χ3v) is 4.80. The lowest BCUT2D eigenvalue weighted by Gasteiger charge is -2.27. The number of hydrogen-bond acceptors (Lipinski definition) is 7. The van der Waals surface area contributed by atoms with Crippen molar-refractivity contribution in [3.8, 4) is 0 Å². The number of hydrogen-bond donors (Lipinski definition) is 4. The highest BCUT2D eigenvalue weighted by Gasteiger charge is 2.29. The van der Waals surface area contributed by atoms with Crippen molar-refractivity contribution < 1.29 is 9.59 Å². The maximum atomic E-state index is 11.9. The van der Waals surface area contributed by atoms with Gasteiger partial charge in [0.25, 0.3) is 5.91 Å². The molecule has 2 aliphatic heterocycles. The first-order valence-corrected chi connectivity index (χ1v) is 9.20. The maximum absolute atomic E-state index is 11.9. The largest absolute Gasteiger partial charge is 0.367 e. The summed E-state index contributed by atoms with van der Waals surface area (Å²) >= 11 is 0. The molecule has 1 atom stereocenters. The van der Waals surface area contributed by atoms with Crippen LogP contribution in [0.5, 0.6) is 0 Å². The summed E-state index contributed by atoms with van der Waals surface area (Å²) in [6.07, 6.45) is 11.1. The van der Waals surface area contributed by atoms with Crippen LogP contribution in [0.2, 0.25) is 0 Å². The second-order valence-corrected chi connectivity index (χ2v) is 7.06. The Morgan fingerprint density at radius 2 is 2.00 bits per heavy atom. The molecule has 3 aliphatic rings. The Morgan fingerprint density at radius 3 is 2.71 bits per heavy atom. The van der Waals surface area contributed by atoms with Crippen molar-refractivity contribution in [3.05, 3.63) is 47.9 Å². The van der Waals surface area contributed by atoms with Crippen LogP contribution in [0, 0.1) is 0 Å². The minimum Gasteiger partial charge on any atom is -0.367 e. The lowest BCUT2D eigenvalue weighted by molar-refractivity contribution is -0.124. The Labute approximate surface area is 160 Å². The van der Waals surface area contributed by atoms with Crippen LogP contribution in [-0.2, 0) is 9.59 Å². The van der Waals surface area contributed by atoms with Gasteiger partial charge in [0.1, 0.15) is 17.8 Å². The molecule has 1 aliphatic carbocycles. The van der Waals surface area contributed by atoms with Crippen molar-refractivity contribution in [2.45, 2.75) is 31.5 Å². The molecule has 4 heterocycles. The highest BCUT2D eigenvalue weighted by molar-refractivity contribution is 6.15. The van der Waals surface area contributed by atoms with Gasteiger partial charge in [-0.2, -0.15) is 5.10 Å². The van der Waals surface area contributed by atoms with Gasteiger partial charge in [-0.05, 0) is 31.1 Å². The predicted molar refractivity (Wildman–Crippen MR) is 104 cm³/mol. The summed E-state index contributed by atoms with van der Waals surface area (Å²) in [5.74, 6) is 1.02. The molecule has 28 heavy (non-hydrogen) atoms. The van der Waals surface area contributed by atoms with Crippen molar-refractivity contribution in [1.29, 1.82) is 0 Å². The highest BCUT2D eigenvalue weighted by Crippen LogP contribution is 2.30. The summed E-state index contributed by atoms with van der Waals surface area (Å²) < 4.78 is 1.80. The summed E-state index contributed by atoms with van der Waals surface area (Å²) in [4.78, 5) is 27.4.